The molecule has 0 aromatic heterocycles. The standard InChI is InChI=1S/C7H12F3N/c1-3-4-11-6(2)5-7(8,9)10/h11H,2-5H2,1H3. The number of hydrogen-bond acceptors (Lipinski definition) is 1. The molecule has 0 rings (SSSR count). The number of nitrogens with one attached hydrogen (secondary N) is 1. The first-order valence-corrected chi connectivity index (χ1v) is 3.44. The van der Waals surface area contributed by atoms with Gasteiger partial charge in [-0.1, -0.05) is 13.5 Å². The lowest BCUT2D eigenvalue weighted by atomic mass is 10.3. The number of alkyl halides is 3. The van der Waals surface area contributed by atoms with Crippen molar-refractivity contribution in [1.82, 2.24) is 5.32 Å². The molecule has 0 aromatic rings. The van der Waals surface area contributed by atoms with Gasteiger partial charge in [-0.15, -0.1) is 0 Å². The summed E-state index contributed by atoms with van der Waals surface area (Å²) in [6.07, 6.45) is -4.28. The molecule has 66 valence electrons. The third kappa shape index (κ3) is 7.22. The van der Waals surface area contributed by atoms with E-state index in [9.17, 15) is 13.2 Å². The number of allylic oxidation sites excluding steroid dienone is 1. The molecular weight excluding hydrogens is 155 g/mol. The lowest BCUT2D eigenvalue weighted by Crippen LogP contribution is -2.19. The minimum atomic E-state index is -4.14. The Hall–Kier alpha value is -0.670. The maximum atomic E-state index is 11.6. The first-order valence-electron chi connectivity index (χ1n) is 3.44. The van der Waals surface area contributed by atoms with Gasteiger partial charge in [-0.2, -0.15) is 13.2 Å². The Bertz CT molecular complexity index is 128. The van der Waals surface area contributed by atoms with Crippen LogP contribution in [-0.2, 0) is 0 Å². The molecule has 0 saturated heterocycles. The van der Waals surface area contributed by atoms with Crippen LogP contribution in [0.5, 0.6) is 0 Å². The average Bonchev–Trinajstić information content (AvgIpc) is 1.79. The van der Waals surface area contributed by atoms with E-state index in [0.29, 0.717) is 6.54 Å². The zero-order valence-electron chi connectivity index (χ0n) is 6.46. The Balaban J connectivity index is 3.53. The van der Waals surface area contributed by atoms with Crippen molar-refractivity contribution in [3.8, 4) is 0 Å². The van der Waals surface area contributed by atoms with Gasteiger partial charge in [0.15, 0.2) is 0 Å². The Morgan fingerprint density at radius 1 is 1.45 bits per heavy atom. The van der Waals surface area contributed by atoms with Gasteiger partial charge < -0.3 is 5.32 Å². The zero-order chi connectivity index (χ0) is 8.91. The molecule has 1 nitrogen and oxygen atoms in total. The van der Waals surface area contributed by atoms with Crippen LogP contribution in [-0.4, -0.2) is 12.7 Å². The van der Waals surface area contributed by atoms with E-state index in [1.54, 1.807) is 0 Å². The van der Waals surface area contributed by atoms with E-state index in [2.05, 4.69) is 11.9 Å². The van der Waals surface area contributed by atoms with Crippen molar-refractivity contribution in [3.63, 3.8) is 0 Å². The second-order valence-electron chi connectivity index (χ2n) is 2.32. The van der Waals surface area contributed by atoms with Gasteiger partial charge in [0.05, 0.1) is 6.42 Å². The predicted molar refractivity (Wildman–Crippen MR) is 38.1 cm³/mol. The highest BCUT2D eigenvalue weighted by Crippen LogP contribution is 2.22. The highest BCUT2D eigenvalue weighted by atomic mass is 19.4. The van der Waals surface area contributed by atoms with Crippen molar-refractivity contribution in [3.05, 3.63) is 12.3 Å². The van der Waals surface area contributed by atoms with E-state index < -0.39 is 12.6 Å². The first-order chi connectivity index (χ1) is 4.95. The molecule has 0 radical (unpaired) electrons. The molecule has 0 bridgehead atoms. The van der Waals surface area contributed by atoms with Crippen molar-refractivity contribution in [2.75, 3.05) is 6.54 Å². The monoisotopic (exact) mass is 167 g/mol. The van der Waals surface area contributed by atoms with E-state index in [-0.39, 0.29) is 5.70 Å². The Labute approximate surface area is 64.3 Å². The predicted octanol–water partition coefficient (Wildman–Crippen LogP) is 2.45. The molecule has 0 unspecified atom stereocenters. The van der Waals surface area contributed by atoms with Gasteiger partial charge >= 0.3 is 6.18 Å². The number of hydrogen-bond donors (Lipinski definition) is 1. The van der Waals surface area contributed by atoms with Crippen molar-refractivity contribution < 1.29 is 13.2 Å². The lowest BCUT2D eigenvalue weighted by Gasteiger charge is -2.10. The van der Waals surface area contributed by atoms with Gasteiger partial charge in [0.25, 0.3) is 0 Å². The lowest BCUT2D eigenvalue weighted by molar-refractivity contribution is -0.127. The molecule has 11 heavy (non-hydrogen) atoms. The smallest absolute Gasteiger partial charge is 0.389 e. The van der Waals surface area contributed by atoms with E-state index in [4.69, 9.17) is 0 Å². The zero-order valence-corrected chi connectivity index (χ0v) is 6.46. The second-order valence-corrected chi connectivity index (χ2v) is 2.32. The molecule has 1 N–H and O–H groups in total. The van der Waals surface area contributed by atoms with E-state index in [1.807, 2.05) is 6.92 Å². The third-order valence-electron chi connectivity index (χ3n) is 1.04. The van der Waals surface area contributed by atoms with Crippen LogP contribution >= 0.6 is 0 Å². The summed E-state index contributed by atoms with van der Waals surface area (Å²) < 4.78 is 34.9. The molecule has 0 aliphatic heterocycles. The third-order valence-corrected chi connectivity index (χ3v) is 1.04. The summed E-state index contributed by atoms with van der Waals surface area (Å²) in [6.45, 7) is 5.68. The fraction of sp³-hybridized carbons (Fsp3) is 0.714. The van der Waals surface area contributed by atoms with E-state index in [0.717, 1.165) is 6.42 Å². The van der Waals surface area contributed by atoms with Crippen molar-refractivity contribution >= 4 is 0 Å². The topological polar surface area (TPSA) is 12.0 Å². The Kier molecular flexibility index (Phi) is 4.00. The van der Waals surface area contributed by atoms with Crippen LogP contribution in [0.25, 0.3) is 0 Å². The molecule has 0 atom stereocenters. The van der Waals surface area contributed by atoms with Crippen LogP contribution in [0.1, 0.15) is 19.8 Å². The summed E-state index contributed by atoms with van der Waals surface area (Å²) in [6, 6.07) is 0. The van der Waals surface area contributed by atoms with Gasteiger partial charge in [0, 0.05) is 12.2 Å². The first kappa shape index (κ1) is 10.3. The van der Waals surface area contributed by atoms with Crippen LogP contribution in [0.4, 0.5) is 13.2 Å². The van der Waals surface area contributed by atoms with Crippen LogP contribution in [0.15, 0.2) is 12.3 Å². The van der Waals surface area contributed by atoms with E-state index >= 15 is 0 Å². The van der Waals surface area contributed by atoms with Gasteiger partial charge in [0.2, 0.25) is 0 Å². The maximum Gasteiger partial charge on any atom is 0.394 e. The van der Waals surface area contributed by atoms with Crippen LogP contribution < -0.4 is 5.32 Å². The molecule has 0 aromatic carbocycles. The fourth-order valence-electron chi connectivity index (χ4n) is 0.606. The summed E-state index contributed by atoms with van der Waals surface area (Å²) in [7, 11) is 0. The fourth-order valence-corrected chi connectivity index (χ4v) is 0.606. The summed E-state index contributed by atoms with van der Waals surface area (Å²) in [5.41, 5.74) is 0.0411. The van der Waals surface area contributed by atoms with Gasteiger partial charge in [-0.05, 0) is 6.42 Å². The van der Waals surface area contributed by atoms with Gasteiger partial charge in [-0.25, -0.2) is 0 Å². The summed E-state index contributed by atoms with van der Waals surface area (Å²) >= 11 is 0. The van der Waals surface area contributed by atoms with Crippen LogP contribution in [0.2, 0.25) is 0 Å². The van der Waals surface area contributed by atoms with Crippen molar-refractivity contribution in [1.29, 1.82) is 0 Å². The van der Waals surface area contributed by atoms with Gasteiger partial charge in [-0.3, -0.25) is 0 Å². The largest absolute Gasteiger partial charge is 0.394 e. The molecule has 0 fully saturated rings. The SMILES string of the molecule is C=C(CC(F)(F)F)NCCC. The molecule has 0 saturated carbocycles. The minimum absolute atomic E-state index is 0.0411. The van der Waals surface area contributed by atoms with Crippen molar-refractivity contribution in [2.24, 2.45) is 0 Å². The molecule has 4 heteroatoms. The molecule has 0 aliphatic rings. The second kappa shape index (κ2) is 4.26. The summed E-state index contributed by atoms with van der Waals surface area (Å²) in [5, 5.41) is 2.57. The molecule has 0 amide bonds. The Morgan fingerprint density at radius 3 is 2.36 bits per heavy atom. The Morgan fingerprint density at radius 2 is 2.00 bits per heavy atom. The molecule has 0 heterocycles. The quantitative estimate of drug-likeness (QED) is 0.678. The average molecular weight is 167 g/mol. The van der Waals surface area contributed by atoms with Crippen LogP contribution in [0.3, 0.4) is 0 Å². The molecule has 0 spiro atoms. The minimum Gasteiger partial charge on any atom is -0.389 e. The summed E-state index contributed by atoms with van der Waals surface area (Å²) in [5.74, 6) is 0. The number of halogens is 3. The normalized spacial score (nSPS) is 11.3. The van der Waals surface area contributed by atoms with Crippen molar-refractivity contribution in [2.45, 2.75) is 25.9 Å². The van der Waals surface area contributed by atoms with E-state index in [1.165, 1.54) is 0 Å². The molecule has 0 aliphatic carbocycles. The highest BCUT2D eigenvalue weighted by molar-refractivity contribution is 4.92. The summed E-state index contributed by atoms with van der Waals surface area (Å²) in [4.78, 5) is 0. The maximum absolute atomic E-state index is 11.6. The van der Waals surface area contributed by atoms with Gasteiger partial charge in [0.1, 0.15) is 0 Å². The number of rotatable bonds is 4. The molecular formula is C7H12F3N. The highest BCUT2D eigenvalue weighted by Gasteiger charge is 2.27. The van der Waals surface area contributed by atoms with Crippen LogP contribution in [0, 0.1) is 0 Å².